The van der Waals surface area contributed by atoms with Crippen LogP contribution in [0.2, 0.25) is 0 Å². The minimum Gasteiger partial charge on any atom is -0.497 e. The molecule has 1 atom stereocenters. The predicted molar refractivity (Wildman–Crippen MR) is 86.3 cm³/mol. The van der Waals surface area contributed by atoms with Gasteiger partial charge in [0.15, 0.2) is 0 Å². The van der Waals surface area contributed by atoms with Crippen molar-refractivity contribution >= 4 is 0 Å². The number of rotatable bonds is 11. The van der Waals surface area contributed by atoms with Crippen molar-refractivity contribution in [2.75, 3.05) is 34.5 Å². The van der Waals surface area contributed by atoms with Crippen molar-refractivity contribution < 1.29 is 14.2 Å². The number of ether oxygens (including phenoxy) is 3. The lowest BCUT2D eigenvalue weighted by molar-refractivity contribution is 0.109. The molecule has 0 spiro atoms. The molecule has 0 bridgehead atoms. The van der Waals surface area contributed by atoms with Crippen LogP contribution in [0.4, 0.5) is 0 Å². The number of nitrogens with one attached hydrogen (secondary N) is 1. The maximum Gasteiger partial charge on any atom is 0.123 e. The molecule has 0 amide bonds. The molecular weight excluding hydrogens is 266 g/mol. The first-order valence-corrected chi connectivity index (χ1v) is 7.73. The van der Waals surface area contributed by atoms with E-state index in [0.717, 1.165) is 30.1 Å². The van der Waals surface area contributed by atoms with E-state index in [-0.39, 0.29) is 6.04 Å². The van der Waals surface area contributed by atoms with E-state index in [2.05, 4.69) is 12.2 Å². The summed E-state index contributed by atoms with van der Waals surface area (Å²) >= 11 is 0. The fourth-order valence-corrected chi connectivity index (χ4v) is 2.27. The number of likely N-dealkylation sites (N-methyl/N-ethyl adjacent to an activating group) is 1. The van der Waals surface area contributed by atoms with Gasteiger partial charge in [0.05, 0.1) is 26.9 Å². The summed E-state index contributed by atoms with van der Waals surface area (Å²) in [6.45, 7) is 3.66. The third-order valence-electron chi connectivity index (χ3n) is 3.59. The second kappa shape index (κ2) is 10.5. The Hall–Kier alpha value is -1.26. The van der Waals surface area contributed by atoms with Crippen LogP contribution in [0.25, 0.3) is 0 Å². The summed E-state index contributed by atoms with van der Waals surface area (Å²) in [5.74, 6) is 1.68. The smallest absolute Gasteiger partial charge is 0.123 e. The largest absolute Gasteiger partial charge is 0.497 e. The van der Waals surface area contributed by atoms with Crippen molar-refractivity contribution in [1.82, 2.24) is 5.32 Å². The van der Waals surface area contributed by atoms with Crippen LogP contribution in [0, 0.1) is 0 Å². The summed E-state index contributed by atoms with van der Waals surface area (Å²) < 4.78 is 16.5. The lowest BCUT2D eigenvalue weighted by Gasteiger charge is -2.20. The van der Waals surface area contributed by atoms with Crippen LogP contribution in [0.1, 0.15) is 44.2 Å². The molecule has 4 nitrogen and oxygen atoms in total. The summed E-state index contributed by atoms with van der Waals surface area (Å²) in [4.78, 5) is 0. The van der Waals surface area contributed by atoms with Crippen LogP contribution in [0.3, 0.4) is 0 Å². The van der Waals surface area contributed by atoms with Crippen LogP contribution in [-0.2, 0) is 4.74 Å². The second-order valence-electron chi connectivity index (χ2n) is 5.08. The molecule has 1 aromatic rings. The van der Waals surface area contributed by atoms with E-state index in [1.165, 1.54) is 19.3 Å². The third-order valence-corrected chi connectivity index (χ3v) is 3.59. The van der Waals surface area contributed by atoms with Crippen molar-refractivity contribution in [1.29, 1.82) is 0 Å². The van der Waals surface area contributed by atoms with Gasteiger partial charge in [0.2, 0.25) is 0 Å². The summed E-state index contributed by atoms with van der Waals surface area (Å²) in [5, 5.41) is 3.29. The Morgan fingerprint density at radius 3 is 2.52 bits per heavy atom. The van der Waals surface area contributed by atoms with Crippen LogP contribution in [0.15, 0.2) is 18.2 Å². The van der Waals surface area contributed by atoms with Gasteiger partial charge < -0.3 is 19.5 Å². The monoisotopic (exact) mass is 295 g/mol. The zero-order valence-electron chi connectivity index (χ0n) is 13.8. The molecule has 0 saturated carbocycles. The molecule has 4 heteroatoms. The molecule has 0 aliphatic carbocycles. The minimum absolute atomic E-state index is 0.0984. The average Bonchev–Trinajstić information content (AvgIpc) is 2.53. The standard InChI is InChI=1S/C17H29NO3/c1-5-6-7-8-11-21-13-16(18-2)15-12-14(19-3)9-10-17(15)20-4/h9-10,12,16,18H,5-8,11,13H2,1-4H3. The zero-order chi connectivity index (χ0) is 15.5. The van der Waals surface area contributed by atoms with E-state index >= 15 is 0 Å². The Labute approximate surface area is 128 Å². The molecule has 120 valence electrons. The Morgan fingerprint density at radius 2 is 1.90 bits per heavy atom. The topological polar surface area (TPSA) is 39.7 Å². The van der Waals surface area contributed by atoms with Gasteiger partial charge in [-0.05, 0) is 31.7 Å². The van der Waals surface area contributed by atoms with Gasteiger partial charge in [-0.1, -0.05) is 26.2 Å². The minimum atomic E-state index is 0.0984. The molecule has 1 aromatic carbocycles. The molecule has 1 N–H and O–H groups in total. The van der Waals surface area contributed by atoms with Crippen LogP contribution >= 0.6 is 0 Å². The van der Waals surface area contributed by atoms with Gasteiger partial charge in [0.25, 0.3) is 0 Å². The maximum absolute atomic E-state index is 5.80. The predicted octanol–water partition coefficient (Wildman–Crippen LogP) is 3.56. The molecule has 0 aromatic heterocycles. The van der Waals surface area contributed by atoms with E-state index in [9.17, 15) is 0 Å². The summed E-state index contributed by atoms with van der Waals surface area (Å²) in [5.41, 5.74) is 1.06. The number of unbranched alkanes of at least 4 members (excludes halogenated alkanes) is 3. The molecule has 1 unspecified atom stereocenters. The Kier molecular flexibility index (Phi) is 8.87. The van der Waals surface area contributed by atoms with Crippen LogP contribution in [-0.4, -0.2) is 34.5 Å². The lowest BCUT2D eigenvalue weighted by atomic mass is 10.1. The highest BCUT2D eigenvalue weighted by molar-refractivity contribution is 5.42. The molecule has 0 aliphatic rings. The zero-order valence-corrected chi connectivity index (χ0v) is 13.8. The fraction of sp³-hybridized carbons (Fsp3) is 0.647. The molecule has 0 heterocycles. The third kappa shape index (κ3) is 5.94. The summed E-state index contributed by atoms with van der Waals surface area (Å²) in [6, 6.07) is 5.93. The first kappa shape index (κ1) is 17.8. The molecule has 0 aliphatic heterocycles. The second-order valence-corrected chi connectivity index (χ2v) is 5.08. The molecule has 21 heavy (non-hydrogen) atoms. The van der Waals surface area contributed by atoms with Gasteiger partial charge in [-0.15, -0.1) is 0 Å². The highest BCUT2D eigenvalue weighted by atomic mass is 16.5. The number of methoxy groups -OCH3 is 2. The Balaban J connectivity index is 2.58. The van der Waals surface area contributed by atoms with E-state index in [1.807, 2.05) is 25.2 Å². The molecule has 1 rings (SSSR count). The van der Waals surface area contributed by atoms with E-state index < -0.39 is 0 Å². The van der Waals surface area contributed by atoms with Crippen LogP contribution in [0.5, 0.6) is 11.5 Å². The maximum atomic E-state index is 5.80. The number of benzene rings is 1. The Morgan fingerprint density at radius 1 is 1.10 bits per heavy atom. The quantitative estimate of drug-likeness (QED) is 0.634. The molecule has 0 radical (unpaired) electrons. The van der Waals surface area contributed by atoms with Crippen molar-refractivity contribution in [3.63, 3.8) is 0 Å². The van der Waals surface area contributed by atoms with Crippen molar-refractivity contribution in [2.45, 2.75) is 38.6 Å². The normalized spacial score (nSPS) is 12.2. The number of hydrogen-bond acceptors (Lipinski definition) is 4. The molecular formula is C17H29NO3. The SMILES string of the molecule is CCCCCCOCC(NC)c1cc(OC)ccc1OC. The van der Waals surface area contributed by atoms with Gasteiger partial charge in [-0.2, -0.15) is 0 Å². The summed E-state index contributed by atoms with van der Waals surface area (Å²) in [7, 11) is 5.29. The van der Waals surface area contributed by atoms with Crippen molar-refractivity contribution in [2.24, 2.45) is 0 Å². The van der Waals surface area contributed by atoms with E-state index in [0.29, 0.717) is 6.61 Å². The first-order valence-electron chi connectivity index (χ1n) is 7.73. The molecule has 0 saturated heterocycles. The fourth-order valence-electron chi connectivity index (χ4n) is 2.27. The lowest BCUT2D eigenvalue weighted by Crippen LogP contribution is -2.22. The van der Waals surface area contributed by atoms with Crippen molar-refractivity contribution in [3.8, 4) is 11.5 Å². The van der Waals surface area contributed by atoms with Gasteiger partial charge >= 0.3 is 0 Å². The first-order chi connectivity index (χ1) is 10.3. The molecule has 0 fully saturated rings. The highest BCUT2D eigenvalue weighted by Crippen LogP contribution is 2.29. The van der Waals surface area contributed by atoms with E-state index in [1.54, 1.807) is 14.2 Å². The Bertz CT molecular complexity index is 396. The highest BCUT2D eigenvalue weighted by Gasteiger charge is 2.15. The van der Waals surface area contributed by atoms with Gasteiger partial charge in [0.1, 0.15) is 11.5 Å². The van der Waals surface area contributed by atoms with Gasteiger partial charge in [-0.3, -0.25) is 0 Å². The van der Waals surface area contributed by atoms with E-state index in [4.69, 9.17) is 14.2 Å². The average molecular weight is 295 g/mol. The van der Waals surface area contributed by atoms with Crippen molar-refractivity contribution in [3.05, 3.63) is 23.8 Å². The summed E-state index contributed by atoms with van der Waals surface area (Å²) in [6.07, 6.45) is 4.89. The van der Waals surface area contributed by atoms with Crippen LogP contribution < -0.4 is 14.8 Å². The number of hydrogen-bond donors (Lipinski definition) is 1. The van der Waals surface area contributed by atoms with Gasteiger partial charge in [0, 0.05) is 12.2 Å². The van der Waals surface area contributed by atoms with Gasteiger partial charge in [-0.25, -0.2) is 0 Å².